The number of carbonyl (C=O) groups is 1. The van der Waals surface area contributed by atoms with Gasteiger partial charge in [0, 0.05) is 44.8 Å². The van der Waals surface area contributed by atoms with Crippen molar-refractivity contribution in [2.45, 2.75) is 43.7 Å². The highest BCUT2D eigenvalue weighted by Gasteiger charge is 2.35. The number of nitrogens with zero attached hydrogens (tertiary/aromatic N) is 4. The lowest BCUT2D eigenvalue weighted by Gasteiger charge is -2.37. The molecular weight excluding hydrogens is 426 g/mol. The van der Waals surface area contributed by atoms with Crippen LogP contribution in [0.1, 0.15) is 42.7 Å². The lowest BCUT2D eigenvalue weighted by atomic mass is 9.89. The van der Waals surface area contributed by atoms with Crippen LogP contribution in [-0.4, -0.2) is 58.8 Å². The Kier molecular flexibility index (Phi) is 6.09. The zero-order chi connectivity index (χ0) is 23.7. The topological polar surface area (TPSA) is 81.6 Å². The van der Waals surface area contributed by atoms with Crippen LogP contribution in [0, 0.1) is 0 Å². The van der Waals surface area contributed by atoms with E-state index in [2.05, 4.69) is 51.7 Å². The second-order valence-corrected chi connectivity index (χ2v) is 9.44. The molecule has 2 aliphatic rings. The summed E-state index contributed by atoms with van der Waals surface area (Å²) in [6, 6.07) is 18.9. The minimum atomic E-state index is -0.833. The molecule has 1 saturated carbocycles. The summed E-state index contributed by atoms with van der Waals surface area (Å²) < 4.78 is 0. The van der Waals surface area contributed by atoms with E-state index in [1.807, 2.05) is 37.2 Å². The highest BCUT2D eigenvalue weighted by atomic mass is 16.4. The Balaban J connectivity index is 1.27. The van der Waals surface area contributed by atoms with Gasteiger partial charge in [0.25, 0.3) is 0 Å². The standard InChI is InChI=1S/C27H31N5O2/c1-31(2)25-15-16-28-26(30-25)29-18-11-13-19(14-12-18)32(27(33)34)17-24-22-9-5-3-7-20(22)21-8-4-6-10-23(21)24/h3-10,15-16,18-19,24H,11-14,17H2,1-2H3,(H,33,34)(H,28,29,30). The third-order valence-electron chi connectivity index (χ3n) is 7.16. The summed E-state index contributed by atoms with van der Waals surface area (Å²) in [6.45, 7) is 0.486. The van der Waals surface area contributed by atoms with Gasteiger partial charge in [-0.25, -0.2) is 9.78 Å². The number of benzene rings is 2. The predicted octanol–water partition coefficient (Wildman–Crippen LogP) is 5.06. The Bertz CT molecular complexity index is 1130. The summed E-state index contributed by atoms with van der Waals surface area (Å²) in [5.74, 6) is 1.56. The molecule has 3 aromatic rings. The number of rotatable bonds is 6. The first-order valence-electron chi connectivity index (χ1n) is 12.0. The van der Waals surface area contributed by atoms with Crippen LogP contribution in [-0.2, 0) is 0 Å². The fourth-order valence-electron chi connectivity index (χ4n) is 5.42. The molecule has 0 aliphatic heterocycles. The molecule has 176 valence electrons. The smallest absolute Gasteiger partial charge is 0.407 e. The van der Waals surface area contributed by atoms with Gasteiger partial charge in [-0.1, -0.05) is 48.5 Å². The Morgan fingerprint density at radius 2 is 1.59 bits per heavy atom. The van der Waals surface area contributed by atoms with Crippen molar-refractivity contribution in [3.05, 3.63) is 71.9 Å². The zero-order valence-electron chi connectivity index (χ0n) is 19.7. The van der Waals surface area contributed by atoms with Crippen molar-refractivity contribution in [1.29, 1.82) is 0 Å². The van der Waals surface area contributed by atoms with Crippen LogP contribution in [0.2, 0.25) is 0 Å². The normalized spacial score (nSPS) is 19.2. The minimum Gasteiger partial charge on any atom is -0.465 e. The largest absolute Gasteiger partial charge is 0.465 e. The van der Waals surface area contributed by atoms with E-state index in [9.17, 15) is 9.90 Å². The van der Waals surface area contributed by atoms with Crippen molar-refractivity contribution in [1.82, 2.24) is 14.9 Å². The molecule has 7 heteroatoms. The quantitative estimate of drug-likeness (QED) is 0.539. The van der Waals surface area contributed by atoms with Crippen LogP contribution in [0.3, 0.4) is 0 Å². The minimum absolute atomic E-state index is 0.0181. The molecule has 2 N–H and O–H groups in total. The van der Waals surface area contributed by atoms with Gasteiger partial charge < -0.3 is 20.2 Å². The molecule has 5 rings (SSSR count). The molecule has 0 spiro atoms. The average molecular weight is 458 g/mol. The molecule has 1 amide bonds. The lowest BCUT2D eigenvalue weighted by molar-refractivity contribution is 0.108. The summed E-state index contributed by atoms with van der Waals surface area (Å²) >= 11 is 0. The van der Waals surface area contributed by atoms with E-state index in [1.54, 1.807) is 11.1 Å². The molecule has 0 saturated heterocycles. The lowest BCUT2D eigenvalue weighted by Crippen LogP contribution is -2.45. The Morgan fingerprint density at radius 3 is 2.18 bits per heavy atom. The van der Waals surface area contributed by atoms with Gasteiger partial charge >= 0.3 is 6.09 Å². The van der Waals surface area contributed by atoms with Gasteiger partial charge in [0.2, 0.25) is 5.95 Å². The van der Waals surface area contributed by atoms with E-state index in [0.717, 1.165) is 31.5 Å². The predicted molar refractivity (Wildman–Crippen MR) is 134 cm³/mol. The molecule has 0 atom stereocenters. The summed E-state index contributed by atoms with van der Waals surface area (Å²) in [5, 5.41) is 13.6. The maximum atomic E-state index is 12.4. The molecule has 2 aromatic carbocycles. The van der Waals surface area contributed by atoms with Gasteiger partial charge in [-0.2, -0.15) is 4.98 Å². The maximum Gasteiger partial charge on any atom is 0.407 e. The van der Waals surface area contributed by atoms with Gasteiger partial charge in [-0.05, 0) is 54.0 Å². The molecule has 0 unspecified atom stereocenters. The van der Waals surface area contributed by atoms with E-state index in [1.165, 1.54) is 22.3 Å². The summed E-state index contributed by atoms with van der Waals surface area (Å²) in [4.78, 5) is 24.9. The van der Waals surface area contributed by atoms with Crippen LogP contribution >= 0.6 is 0 Å². The number of amides is 1. The molecule has 1 heterocycles. The van der Waals surface area contributed by atoms with Crippen molar-refractivity contribution in [2.24, 2.45) is 0 Å². The first-order valence-corrected chi connectivity index (χ1v) is 12.0. The molecule has 7 nitrogen and oxygen atoms in total. The van der Waals surface area contributed by atoms with Gasteiger partial charge in [0.05, 0.1) is 0 Å². The van der Waals surface area contributed by atoms with Crippen LogP contribution in [0.15, 0.2) is 60.8 Å². The SMILES string of the molecule is CN(C)c1ccnc(NC2CCC(N(CC3c4ccccc4-c4ccccc43)C(=O)O)CC2)n1. The summed E-state index contributed by atoms with van der Waals surface area (Å²) in [7, 11) is 3.91. The number of hydrogen-bond donors (Lipinski definition) is 2. The highest BCUT2D eigenvalue weighted by Crippen LogP contribution is 2.45. The van der Waals surface area contributed by atoms with Gasteiger partial charge in [0.15, 0.2) is 0 Å². The molecule has 2 aliphatic carbocycles. The van der Waals surface area contributed by atoms with Crippen molar-refractivity contribution in [2.75, 3.05) is 30.9 Å². The van der Waals surface area contributed by atoms with E-state index in [-0.39, 0.29) is 18.0 Å². The third-order valence-corrected chi connectivity index (χ3v) is 7.16. The van der Waals surface area contributed by atoms with Crippen LogP contribution in [0.4, 0.5) is 16.6 Å². The van der Waals surface area contributed by atoms with E-state index >= 15 is 0 Å². The number of aromatic nitrogens is 2. The monoisotopic (exact) mass is 457 g/mol. The Labute approximate surface area is 200 Å². The van der Waals surface area contributed by atoms with Crippen molar-refractivity contribution < 1.29 is 9.90 Å². The van der Waals surface area contributed by atoms with Gasteiger partial charge in [0.1, 0.15) is 5.82 Å². The van der Waals surface area contributed by atoms with E-state index in [4.69, 9.17) is 0 Å². The molecule has 0 bridgehead atoms. The maximum absolute atomic E-state index is 12.4. The molecule has 0 radical (unpaired) electrons. The Morgan fingerprint density at radius 1 is 0.971 bits per heavy atom. The summed E-state index contributed by atoms with van der Waals surface area (Å²) in [6.07, 6.45) is 4.37. The van der Waals surface area contributed by atoms with Gasteiger partial charge in [-0.15, -0.1) is 0 Å². The van der Waals surface area contributed by atoms with E-state index in [0.29, 0.717) is 12.5 Å². The van der Waals surface area contributed by atoms with E-state index < -0.39 is 6.09 Å². The first-order chi connectivity index (χ1) is 16.5. The fraction of sp³-hybridized carbons (Fsp3) is 0.370. The van der Waals surface area contributed by atoms with Crippen molar-refractivity contribution >= 4 is 17.9 Å². The average Bonchev–Trinajstić information content (AvgIpc) is 3.17. The first kappa shape index (κ1) is 22.2. The number of fused-ring (bicyclic) bond motifs is 3. The highest BCUT2D eigenvalue weighted by molar-refractivity contribution is 5.79. The number of anilines is 2. The van der Waals surface area contributed by atoms with Crippen molar-refractivity contribution in [3.63, 3.8) is 0 Å². The van der Waals surface area contributed by atoms with Crippen LogP contribution in [0.25, 0.3) is 11.1 Å². The van der Waals surface area contributed by atoms with Crippen molar-refractivity contribution in [3.8, 4) is 11.1 Å². The molecule has 34 heavy (non-hydrogen) atoms. The van der Waals surface area contributed by atoms with Gasteiger partial charge in [-0.3, -0.25) is 0 Å². The molecule has 1 aromatic heterocycles. The zero-order valence-corrected chi connectivity index (χ0v) is 19.7. The third kappa shape index (κ3) is 4.30. The second-order valence-electron chi connectivity index (χ2n) is 9.44. The van der Waals surface area contributed by atoms with Crippen LogP contribution < -0.4 is 10.2 Å². The fourth-order valence-corrected chi connectivity index (χ4v) is 5.42. The second kappa shape index (κ2) is 9.33. The molecule has 1 fully saturated rings. The number of nitrogens with one attached hydrogen (secondary N) is 1. The Hall–Kier alpha value is -3.61. The number of carboxylic acid groups (broad SMARTS) is 1. The van der Waals surface area contributed by atoms with Crippen LogP contribution in [0.5, 0.6) is 0 Å². The summed E-state index contributed by atoms with van der Waals surface area (Å²) in [5.41, 5.74) is 4.90. The number of hydrogen-bond acceptors (Lipinski definition) is 5. The molecular formula is C27H31N5O2.